The van der Waals surface area contributed by atoms with Gasteiger partial charge in [0.25, 0.3) is 0 Å². The Labute approximate surface area is 250 Å². The minimum atomic E-state index is -1.92. The molecule has 42 heavy (non-hydrogen) atoms. The number of hydrogen-bond acceptors (Lipinski definition) is 11. The van der Waals surface area contributed by atoms with E-state index in [0.717, 1.165) is 0 Å². The lowest BCUT2D eigenvalue weighted by Crippen LogP contribution is -2.59. The van der Waals surface area contributed by atoms with Crippen molar-refractivity contribution in [3.8, 4) is 0 Å². The maximum atomic E-state index is 13.6. The highest BCUT2D eigenvalue weighted by atomic mass is 16.7. The number of esters is 2. The fraction of sp³-hybridized carbons (Fsp3) is 0.903. The number of methoxy groups -OCH3 is 1. The van der Waals surface area contributed by atoms with Gasteiger partial charge in [-0.15, -0.1) is 0 Å². The van der Waals surface area contributed by atoms with Crippen molar-refractivity contribution in [2.75, 3.05) is 7.11 Å². The van der Waals surface area contributed by atoms with Crippen molar-refractivity contribution in [1.29, 1.82) is 0 Å². The van der Waals surface area contributed by atoms with E-state index < -0.39 is 89.2 Å². The largest absolute Gasteiger partial charge is 0.459 e. The SMILES string of the molecule is CC[C@H]1OC(=O)[C@H](C)[C@@H](O[C@H]2C[C@@](C)(OC)[C@@H](OC(C)=O)[C@H](C)O2)[C@H](C)C[C@](C)(O)C[C@@H](C)C(=O)[C@H](C)[C@@H](O)[C@]1(C)O. The third-order valence-electron chi connectivity index (χ3n) is 9.26. The van der Waals surface area contributed by atoms with Gasteiger partial charge in [-0.05, 0) is 59.8 Å². The molecule has 0 aromatic carbocycles. The first-order chi connectivity index (χ1) is 19.2. The molecule has 0 aromatic rings. The lowest BCUT2D eigenvalue weighted by atomic mass is 9.75. The normalized spacial score (nSPS) is 46.4. The lowest BCUT2D eigenvalue weighted by molar-refractivity contribution is -0.299. The van der Waals surface area contributed by atoms with Gasteiger partial charge < -0.3 is 39.0 Å². The molecule has 11 nitrogen and oxygen atoms in total. The Hall–Kier alpha value is -1.63. The molecule has 11 heteroatoms. The Morgan fingerprint density at radius 2 is 1.60 bits per heavy atom. The number of ether oxygens (including phenoxy) is 5. The van der Waals surface area contributed by atoms with E-state index in [0.29, 0.717) is 0 Å². The van der Waals surface area contributed by atoms with Gasteiger partial charge in [0.1, 0.15) is 23.1 Å². The number of carbonyl (C=O) groups is 3. The van der Waals surface area contributed by atoms with Gasteiger partial charge in [-0.3, -0.25) is 14.4 Å². The number of hydrogen-bond donors (Lipinski definition) is 3. The van der Waals surface area contributed by atoms with Gasteiger partial charge in [0.15, 0.2) is 12.4 Å². The smallest absolute Gasteiger partial charge is 0.311 e. The third-order valence-corrected chi connectivity index (χ3v) is 9.26. The number of Topliss-reactive ketones (excluding diaryl/α,β-unsaturated/α-hetero) is 1. The fourth-order valence-electron chi connectivity index (χ4n) is 6.85. The summed E-state index contributed by atoms with van der Waals surface area (Å²) in [4.78, 5) is 38.6. The average Bonchev–Trinajstić information content (AvgIpc) is 2.89. The standard InChI is InChI=1S/C31H54O11/c1-12-22-31(10,37)26(34)18(4)24(33)16(2)13-29(8,36)14-17(3)25(19(5)28(35)41-22)42-23-15-30(9,38-11)27(20(6)39-23)40-21(7)32/h16-20,22-23,25-27,34,36-37H,12-15H2,1-11H3/t16-,17-,18+,19-,20+,22-,23+,25+,26-,27+,29-,30-,31-/m1/s1. The molecule has 244 valence electrons. The molecule has 2 aliphatic rings. The zero-order valence-corrected chi connectivity index (χ0v) is 27.2. The van der Waals surface area contributed by atoms with Gasteiger partial charge >= 0.3 is 11.9 Å². The molecular weight excluding hydrogens is 548 g/mol. The van der Waals surface area contributed by atoms with Crippen molar-refractivity contribution >= 4 is 17.7 Å². The van der Waals surface area contributed by atoms with E-state index in [-0.39, 0.29) is 31.5 Å². The van der Waals surface area contributed by atoms with E-state index in [4.69, 9.17) is 23.7 Å². The molecule has 0 saturated carbocycles. The number of aliphatic hydroxyl groups excluding tert-OH is 1. The molecule has 3 N–H and O–H groups in total. The summed E-state index contributed by atoms with van der Waals surface area (Å²) in [7, 11) is 1.52. The maximum Gasteiger partial charge on any atom is 0.311 e. The van der Waals surface area contributed by atoms with Crippen molar-refractivity contribution in [2.45, 2.75) is 149 Å². The van der Waals surface area contributed by atoms with Crippen LogP contribution in [-0.4, -0.2) is 93.8 Å². The molecule has 13 atom stereocenters. The molecule has 0 aliphatic carbocycles. The molecule has 2 aliphatic heterocycles. The topological polar surface area (TPSA) is 158 Å². The molecule has 2 heterocycles. The summed E-state index contributed by atoms with van der Waals surface area (Å²) in [6.45, 7) is 16.3. The second-order valence-electron chi connectivity index (χ2n) is 13.4. The van der Waals surface area contributed by atoms with Crippen LogP contribution >= 0.6 is 0 Å². The predicted octanol–water partition coefficient (Wildman–Crippen LogP) is 2.94. The van der Waals surface area contributed by atoms with Crippen molar-refractivity contribution in [2.24, 2.45) is 23.7 Å². The van der Waals surface area contributed by atoms with Crippen molar-refractivity contribution in [1.82, 2.24) is 0 Å². The van der Waals surface area contributed by atoms with Gasteiger partial charge in [-0.25, -0.2) is 0 Å². The van der Waals surface area contributed by atoms with Crippen LogP contribution in [0.3, 0.4) is 0 Å². The quantitative estimate of drug-likeness (QED) is 0.397. The zero-order chi connectivity index (χ0) is 32.4. The highest BCUT2D eigenvalue weighted by molar-refractivity contribution is 5.83. The van der Waals surface area contributed by atoms with Crippen LogP contribution in [0.25, 0.3) is 0 Å². The molecule has 2 rings (SSSR count). The second kappa shape index (κ2) is 14.0. The van der Waals surface area contributed by atoms with Crippen LogP contribution in [0.15, 0.2) is 0 Å². The average molecular weight is 603 g/mol. The van der Waals surface area contributed by atoms with Gasteiger partial charge in [0.05, 0.1) is 29.8 Å². The minimum absolute atomic E-state index is 0.112. The first-order valence-corrected chi connectivity index (χ1v) is 15.1. The number of cyclic esters (lactones) is 1. The van der Waals surface area contributed by atoms with Crippen LogP contribution in [0.4, 0.5) is 0 Å². The van der Waals surface area contributed by atoms with Gasteiger partial charge in [0, 0.05) is 32.3 Å². The molecule has 0 amide bonds. The third kappa shape index (κ3) is 8.30. The monoisotopic (exact) mass is 602 g/mol. The lowest BCUT2D eigenvalue weighted by Gasteiger charge is -2.47. The van der Waals surface area contributed by atoms with Crippen LogP contribution in [0.1, 0.15) is 94.9 Å². The van der Waals surface area contributed by atoms with E-state index in [1.807, 2.05) is 6.92 Å². The highest BCUT2D eigenvalue weighted by Crippen LogP contribution is 2.39. The molecule has 0 bridgehead atoms. The zero-order valence-electron chi connectivity index (χ0n) is 27.2. The van der Waals surface area contributed by atoms with E-state index >= 15 is 0 Å². The molecule has 2 saturated heterocycles. The van der Waals surface area contributed by atoms with Crippen molar-refractivity contribution in [3.05, 3.63) is 0 Å². The first-order valence-electron chi connectivity index (χ1n) is 15.1. The Morgan fingerprint density at radius 1 is 1.00 bits per heavy atom. The van der Waals surface area contributed by atoms with Gasteiger partial charge in [-0.1, -0.05) is 27.7 Å². The Balaban J connectivity index is 2.48. The molecule has 0 spiro atoms. The summed E-state index contributed by atoms with van der Waals surface area (Å²) in [5.41, 5.74) is -4.17. The van der Waals surface area contributed by atoms with E-state index in [1.54, 1.807) is 41.5 Å². The Bertz CT molecular complexity index is 949. The van der Waals surface area contributed by atoms with Gasteiger partial charge in [0.2, 0.25) is 0 Å². The molecular formula is C31H54O11. The maximum absolute atomic E-state index is 13.6. The fourth-order valence-corrected chi connectivity index (χ4v) is 6.85. The second-order valence-corrected chi connectivity index (χ2v) is 13.4. The van der Waals surface area contributed by atoms with Crippen LogP contribution < -0.4 is 0 Å². The van der Waals surface area contributed by atoms with Gasteiger partial charge in [-0.2, -0.15) is 0 Å². The number of ketones is 1. The minimum Gasteiger partial charge on any atom is -0.459 e. The number of aliphatic hydroxyl groups is 3. The van der Waals surface area contributed by atoms with Crippen LogP contribution in [0.2, 0.25) is 0 Å². The molecule has 0 aromatic heterocycles. The molecule has 0 radical (unpaired) electrons. The number of rotatable bonds is 5. The molecule has 0 unspecified atom stereocenters. The highest BCUT2D eigenvalue weighted by Gasteiger charge is 2.51. The predicted molar refractivity (Wildman–Crippen MR) is 153 cm³/mol. The molecule has 2 fully saturated rings. The summed E-state index contributed by atoms with van der Waals surface area (Å²) in [5.74, 6) is -4.27. The Kier molecular flexibility index (Phi) is 12.2. The van der Waals surface area contributed by atoms with Crippen molar-refractivity contribution < 1.29 is 53.4 Å². The summed E-state index contributed by atoms with van der Waals surface area (Å²) in [6, 6.07) is 0. The van der Waals surface area contributed by atoms with E-state index in [9.17, 15) is 29.7 Å². The van der Waals surface area contributed by atoms with Crippen LogP contribution in [0.5, 0.6) is 0 Å². The summed E-state index contributed by atoms with van der Waals surface area (Å²) in [6.07, 6.45) is -4.85. The van der Waals surface area contributed by atoms with Crippen LogP contribution in [0, 0.1) is 23.7 Å². The van der Waals surface area contributed by atoms with Crippen molar-refractivity contribution in [3.63, 3.8) is 0 Å². The summed E-state index contributed by atoms with van der Waals surface area (Å²) < 4.78 is 29.7. The van der Waals surface area contributed by atoms with E-state index in [2.05, 4.69) is 0 Å². The first kappa shape index (κ1) is 36.6. The Morgan fingerprint density at radius 3 is 2.12 bits per heavy atom. The summed E-state index contributed by atoms with van der Waals surface area (Å²) in [5, 5.41) is 33.8. The number of carbonyl (C=O) groups excluding carboxylic acids is 3. The van der Waals surface area contributed by atoms with E-state index in [1.165, 1.54) is 27.9 Å². The summed E-state index contributed by atoms with van der Waals surface area (Å²) >= 11 is 0. The van der Waals surface area contributed by atoms with Crippen LogP contribution in [-0.2, 0) is 38.1 Å².